The van der Waals surface area contributed by atoms with Crippen LogP contribution in [0.5, 0.6) is 0 Å². The summed E-state index contributed by atoms with van der Waals surface area (Å²) < 4.78 is 26.7. The van der Waals surface area contributed by atoms with Gasteiger partial charge in [-0.3, -0.25) is 0 Å². The molecule has 0 amide bonds. The average Bonchev–Trinajstić information content (AvgIpc) is 3.12. The molecule has 5 heteroatoms. The van der Waals surface area contributed by atoms with Gasteiger partial charge in [0.05, 0.1) is 5.25 Å². The summed E-state index contributed by atoms with van der Waals surface area (Å²) in [5, 5.41) is 2.56. The van der Waals surface area contributed by atoms with E-state index in [1.807, 2.05) is 0 Å². The van der Waals surface area contributed by atoms with Gasteiger partial charge in [0.25, 0.3) is 0 Å². The maximum absolute atomic E-state index is 12.0. The van der Waals surface area contributed by atoms with Gasteiger partial charge in [-0.15, -0.1) is 0 Å². The van der Waals surface area contributed by atoms with Gasteiger partial charge in [0.2, 0.25) is 10.0 Å². The summed E-state index contributed by atoms with van der Waals surface area (Å²) in [6.07, 6.45) is 5.20. The quantitative estimate of drug-likeness (QED) is 0.683. The highest BCUT2D eigenvalue weighted by molar-refractivity contribution is 7.90. The molecule has 0 heterocycles. The lowest BCUT2D eigenvalue weighted by molar-refractivity contribution is 0.400. The van der Waals surface area contributed by atoms with Crippen LogP contribution >= 0.6 is 0 Å². The molecule has 0 bridgehead atoms. The van der Waals surface area contributed by atoms with Gasteiger partial charge in [0, 0.05) is 13.1 Å². The minimum absolute atomic E-state index is 0.355. The third-order valence-corrected chi connectivity index (χ3v) is 5.79. The molecule has 2 fully saturated rings. The first-order chi connectivity index (χ1) is 8.04. The standard InChI is InChI=1S/C12H24N2O2S/c1-9(7-13-2)17(15,16)14-8-12(10-3-4-10)11-5-6-11/h9-14H,3-8H2,1-2H3. The molecular formula is C12H24N2O2S. The van der Waals surface area contributed by atoms with Gasteiger partial charge in [-0.05, 0) is 57.4 Å². The molecule has 4 nitrogen and oxygen atoms in total. The zero-order chi connectivity index (χ0) is 12.5. The molecule has 100 valence electrons. The van der Waals surface area contributed by atoms with Crippen LogP contribution < -0.4 is 10.0 Å². The van der Waals surface area contributed by atoms with Gasteiger partial charge < -0.3 is 5.32 Å². The third kappa shape index (κ3) is 3.66. The van der Waals surface area contributed by atoms with Crippen LogP contribution in [-0.2, 0) is 10.0 Å². The van der Waals surface area contributed by atoms with E-state index in [4.69, 9.17) is 0 Å². The summed E-state index contributed by atoms with van der Waals surface area (Å²) in [5.74, 6) is 2.20. The van der Waals surface area contributed by atoms with Crippen molar-refractivity contribution in [2.45, 2.75) is 37.9 Å². The molecule has 0 spiro atoms. The number of sulfonamides is 1. The van der Waals surface area contributed by atoms with Crippen LogP contribution in [0.2, 0.25) is 0 Å². The van der Waals surface area contributed by atoms with E-state index in [-0.39, 0.29) is 5.25 Å². The zero-order valence-electron chi connectivity index (χ0n) is 10.8. The van der Waals surface area contributed by atoms with Crippen LogP contribution in [0.3, 0.4) is 0 Å². The molecule has 2 aliphatic carbocycles. The number of hydrogen-bond acceptors (Lipinski definition) is 3. The monoisotopic (exact) mass is 260 g/mol. The van der Waals surface area contributed by atoms with E-state index >= 15 is 0 Å². The van der Waals surface area contributed by atoms with Crippen LogP contribution in [0, 0.1) is 17.8 Å². The van der Waals surface area contributed by atoms with Crippen molar-refractivity contribution in [1.29, 1.82) is 0 Å². The fraction of sp³-hybridized carbons (Fsp3) is 1.00. The Morgan fingerprint density at radius 2 is 1.65 bits per heavy atom. The lowest BCUT2D eigenvalue weighted by Crippen LogP contribution is -2.40. The van der Waals surface area contributed by atoms with Gasteiger partial charge in [0.15, 0.2) is 0 Å². The van der Waals surface area contributed by atoms with Crippen molar-refractivity contribution in [3.8, 4) is 0 Å². The Kier molecular flexibility index (Phi) is 4.10. The first-order valence-corrected chi connectivity index (χ1v) is 8.22. The van der Waals surface area contributed by atoms with Gasteiger partial charge >= 0.3 is 0 Å². The molecule has 0 aliphatic heterocycles. The van der Waals surface area contributed by atoms with Crippen LogP contribution in [-0.4, -0.2) is 33.8 Å². The zero-order valence-corrected chi connectivity index (χ0v) is 11.6. The van der Waals surface area contributed by atoms with Crippen molar-refractivity contribution in [2.75, 3.05) is 20.1 Å². The van der Waals surface area contributed by atoms with Crippen LogP contribution in [0.15, 0.2) is 0 Å². The van der Waals surface area contributed by atoms with E-state index in [1.165, 1.54) is 25.7 Å². The SMILES string of the molecule is CNCC(C)S(=O)(=O)NCC(C1CC1)C1CC1. The summed E-state index contributed by atoms with van der Waals surface area (Å²) >= 11 is 0. The molecule has 0 aromatic rings. The van der Waals surface area contributed by atoms with Crippen molar-refractivity contribution < 1.29 is 8.42 Å². The van der Waals surface area contributed by atoms with E-state index in [2.05, 4.69) is 10.0 Å². The molecule has 2 saturated carbocycles. The molecule has 17 heavy (non-hydrogen) atoms. The third-order valence-electron chi connectivity index (χ3n) is 4.00. The largest absolute Gasteiger partial charge is 0.318 e. The number of rotatable bonds is 8. The van der Waals surface area contributed by atoms with Crippen LogP contribution in [0.25, 0.3) is 0 Å². The van der Waals surface area contributed by atoms with E-state index in [9.17, 15) is 8.42 Å². The average molecular weight is 260 g/mol. The number of nitrogens with one attached hydrogen (secondary N) is 2. The summed E-state index contributed by atoms with van der Waals surface area (Å²) in [6.45, 7) is 2.92. The molecule has 1 unspecified atom stereocenters. The fourth-order valence-corrected chi connectivity index (χ4v) is 3.61. The Morgan fingerprint density at radius 1 is 1.12 bits per heavy atom. The van der Waals surface area contributed by atoms with E-state index in [0.717, 1.165) is 11.8 Å². The van der Waals surface area contributed by atoms with E-state index < -0.39 is 10.0 Å². The van der Waals surface area contributed by atoms with Gasteiger partial charge in [-0.25, -0.2) is 13.1 Å². The Labute approximate surface area is 105 Å². The first kappa shape index (κ1) is 13.3. The van der Waals surface area contributed by atoms with Crippen molar-refractivity contribution >= 4 is 10.0 Å². The maximum atomic E-state index is 12.0. The molecule has 0 aromatic carbocycles. The Balaban J connectivity index is 1.82. The molecule has 0 radical (unpaired) electrons. The first-order valence-electron chi connectivity index (χ1n) is 6.67. The normalized spacial score (nSPS) is 23.0. The highest BCUT2D eigenvalue weighted by Gasteiger charge is 2.41. The fourth-order valence-electron chi connectivity index (χ4n) is 2.52. The van der Waals surface area contributed by atoms with E-state index in [0.29, 0.717) is 19.0 Å². The smallest absolute Gasteiger partial charge is 0.215 e. The molecule has 0 aromatic heterocycles. The summed E-state index contributed by atoms with van der Waals surface area (Å²) in [5.41, 5.74) is 0. The number of hydrogen-bond donors (Lipinski definition) is 2. The summed E-state index contributed by atoms with van der Waals surface area (Å²) in [4.78, 5) is 0. The van der Waals surface area contributed by atoms with Crippen LogP contribution in [0.4, 0.5) is 0 Å². The Bertz CT molecular complexity index is 336. The predicted molar refractivity (Wildman–Crippen MR) is 69.2 cm³/mol. The molecular weight excluding hydrogens is 236 g/mol. The van der Waals surface area contributed by atoms with E-state index in [1.54, 1.807) is 14.0 Å². The van der Waals surface area contributed by atoms with Gasteiger partial charge in [-0.2, -0.15) is 0 Å². The molecule has 2 aliphatic rings. The van der Waals surface area contributed by atoms with Crippen molar-refractivity contribution in [1.82, 2.24) is 10.0 Å². The molecule has 2 N–H and O–H groups in total. The predicted octanol–water partition coefficient (Wildman–Crippen LogP) is 0.950. The lowest BCUT2D eigenvalue weighted by Gasteiger charge is -2.19. The highest BCUT2D eigenvalue weighted by Crippen LogP contribution is 2.48. The molecule has 0 saturated heterocycles. The minimum Gasteiger partial charge on any atom is -0.318 e. The Hall–Kier alpha value is -0.130. The Morgan fingerprint density at radius 3 is 2.06 bits per heavy atom. The second-order valence-corrected chi connectivity index (χ2v) is 7.78. The highest BCUT2D eigenvalue weighted by atomic mass is 32.2. The van der Waals surface area contributed by atoms with Crippen molar-refractivity contribution in [3.63, 3.8) is 0 Å². The summed E-state index contributed by atoms with van der Waals surface area (Å²) in [7, 11) is -1.36. The lowest BCUT2D eigenvalue weighted by atomic mass is 9.99. The second kappa shape index (κ2) is 5.24. The maximum Gasteiger partial charge on any atom is 0.215 e. The molecule has 2 rings (SSSR count). The van der Waals surface area contributed by atoms with Crippen LogP contribution in [0.1, 0.15) is 32.6 Å². The minimum atomic E-state index is -3.14. The summed E-state index contributed by atoms with van der Waals surface area (Å²) in [6, 6.07) is 0. The topological polar surface area (TPSA) is 58.2 Å². The molecule has 1 atom stereocenters. The second-order valence-electron chi connectivity index (χ2n) is 5.60. The van der Waals surface area contributed by atoms with Crippen molar-refractivity contribution in [2.24, 2.45) is 17.8 Å². The van der Waals surface area contributed by atoms with Crippen molar-refractivity contribution in [3.05, 3.63) is 0 Å². The van der Waals surface area contributed by atoms with Gasteiger partial charge in [-0.1, -0.05) is 0 Å². The van der Waals surface area contributed by atoms with Gasteiger partial charge in [0.1, 0.15) is 0 Å².